The third-order valence-corrected chi connectivity index (χ3v) is 6.77. The molecule has 0 unspecified atom stereocenters. The molecule has 0 heterocycles. The first-order chi connectivity index (χ1) is 19.6. The topological polar surface area (TPSA) is 105 Å². The van der Waals surface area contributed by atoms with Crippen LogP contribution in [0.25, 0.3) is 0 Å². The van der Waals surface area contributed by atoms with E-state index in [2.05, 4.69) is 23.2 Å². The van der Waals surface area contributed by atoms with Crippen molar-refractivity contribution in [2.45, 2.75) is 149 Å². The maximum Gasteiger partial charge on any atom is 0.407 e. The van der Waals surface area contributed by atoms with Gasteiger partial charge >= 0.3 is 18.0 Å². The molecule has 0 radical (unpaired) electrons. The molecule has 0 atom stereocenters. The number of hydrogen-bond acceptors (Lipinski definition) is 6. The molecule has 8 heteroatoms. The van der Waals surface area contributed by atoms with Gasteiger partial charge in [-0.25, -0.2) is 4.79 Å². The van der Waals surface area contributed by atoms with E-state index >= 15 is 0 Å². The Balaban J connectivity index is 4.08. The molecule has 0 bridgehead atoms. The number of unbranched alkanes of at least 4 members (excludes halogenated alkanes) is 12. The molecule has 0 aromatic rings. The molecule has 0 rings (SSSR count). The van der Waals surface area contributed by atoms with E-state index < -0.39 is 11.6 Å². The first-order valence-electron chi connectivity index (χ1n) is 16.4. The molecular weight excluding hydrogens is 520 g/mol. The summed E-state index contributed by atoms with van der Waals surface area (Å²) < 4.78 is 10.6. The highest BCUT2D eigenvalue weighted by Gasteiger charge is 2.15. The maximum absolute atomic E-state index is 11.9. The smallest absolute Gasteiger partial charge is 0.407 e. The van der Waals surface area contributed by atoms with Crippen molar-refractivity contribution >= 4 is 18.0 Å². The monoisotopic (exact) mass is 582 g/mol. The van der Waals surface area contributed by atoms with Crippen LogP contribution in [0.2, 0.25) is 0 Å². The van der Waals surface area contributed by atoms with Gasteiger partial charge in [0, 0.05) is 19.4 Å². The highest BCUT2D eigenvalue weighted by molar-refractivity contribution is 5.69. The summed E-state index contributed by atoms with van der Waals surface area (Å²) in [5.41, 5.74) is -0.495. The van der Waals surface area contributed by atoms with Crippen molar-refractivity contribution in [1.82, 2.24) is 10.2 Å². The number of carbonyl (C=O) groups excluding carboxylic acids is 2. The van der Waals surface area contributed by atoms with E-state index in [1.54, 1.807) is 0 Å². The van der Waals surface area contributed by atoms with Gasteiger partial charge in [-0.15, -0.1) is 0 Å². The van der Waals surface area contributed by atoms with Crippen LogP contribution in [0.3, 0.4) is 0 Å². The lowest BCUT2D eigenvalue weighted by molar-refractivity contribution is -0.142. The largest absolute Gasteiger partial charge is 0.481 e. The van der Waals surface area contributed by atoms with E-state index in [0.29, 0.717) is 19.6 Å². The lowest BCUT2D eigenvalue weighted by Crippen LogP contribution is -2.35. The molecule has 0 aliphatic carbocycles. The summed E-state index contributed by atoms with van der Waals surface area (Å²) in [7, 11) is 0. The van der Waals surface area contributed by atoms with E-state index in [9.17, 15) is 14.4 Å². The van der Waals surface area contributed by atoms with Gasteiger partial charge in [0.15, 0.2) is 0 Å². The normalized spacial score (nSPS) is 11.7. The first-order valence-corrected chi connectivity index (χ1v) is 16.4. The third kappa shape index (κ3) is 30.7. The van der Waals surface area contributed by atoms with Gasteiger partial charge in [-0.05, 0) is 85.4 Å². The zero-order valence-corrected chi connectivity index (χ0v) is 26.9. The lowest BCUT2D eigenvalue weighted by atomic mass is 10.1. The summed E-state index contributed by atoms with van der Waals surface area (Å²) in [6.45, 7) is 11.7. The van der Waals surface area contributed by atoms with Gasteiger partial charge in [0.2, 0.25) is 0 Å². The Labute approximate surface area is 251 Å². The van der Waals surface area contributed by atoms with Gasteiger partial charge in [-0.3, -0.25) is 9.59 Å². The van der Waals surface area contributed by atoms with Gasteiger partial charge < -0.3 is 24.8 Å². The summed E-state index contributed by atoms with van der Waals surface area (Å²) in [5, 5.41) is 11.6. The zero-order chi connectivity index (χ0) is 30.6. The van der Waals surface area contributed by atoms with Crippen LogP contribution < -0.4 is 5.32 Å². The Hall–Kier alpha value is -2.09. The molecule has 0 saturated heterocycles. The number of ether oxygens (including phenoxy) is 2. The zero-order valence-electron chi connectivity index (χ0n) is 26.9. The molecule has 1 amide bonds. The Kier molecular flexibility index (Phi) is 25.4. The number of carboxylic acids is 1. The average molecular weight is 583 g/mol. The molecule has 2 N–H and O–H groups in total. The molecule has 0 aromatic heterocycles. The number of esters is 1. The maximum atomic E-state index is 11.9. The minimum atomic E-state index is -0.715. The summed E-state index contributed by atoms with van der Waals surface area (Å²) >= 11 is 0. The Morgan fingerprint density at radius 2 is 1.29 bits per heavy atom. The van der Waals surface area contributed by atoms with Crippen LogP contribution in [0, 0.1) is 0 Å². The second-order valence-corrected chi connectivity index (χ2v) is 12.1. The van der Waals surface area contributed by atoms with E-state index in [4.69, 9.17) is 14.6 Å². The number of aliphatic carboxylic acids is 1. The predicted molar refractivity (Wildman–Crippen MR) is 167 cm³/mol. The van der Waals surface area contributed by atoms with Crippen molar-refractivity contribution in [3.63, 3.8) is 0 Å². The van der Waals surface area contributed by atoms with Crippen molar-refractivity contribution in [2.75, 3.05) is 32.8 Å². The highest BCUT2D eigenvalue weighted by Crippen LogP contribution is 2.11. The third-order valence-electron chi connectivity index (χ3n) is 6.77. The number of carboxylic acid groups (broad SMARTS) is 1. The molecule has 0 spiro atoms. The molecule has 0 fully saturated rings. The lowest BCUT2D eigenvalue weighted by Gasteiger charge is -2.23. The number of nitrogens with one attached hydrogen (secondary N) is 1. The van der Waals surface area contributed by atoms with Crippen molar-refractivity contribution in [3.05, 3.63) is 12.2 Å². The molecule has 0 aromatic carbocycles. The molecular formula is C33H62N2O6. The summed E-state index contributed by atoms with van der Waals surface area (Å²) in [6.07, 6.45) is 21.7. The number of amides is 1. The quantitative estimate of drug-likeness (QED) is 0.0573. The molecule has 0 saturated carbocycles. The van der Waals surface area contributed by atoms with Crippen molar-refractivity contribution in [1.29, 1.82) is 0 Å². The second-order valence-electron chi connectivity index (χ2n) is 12.1. The number of hydrogen-bond donors (Lipinski definition) is 2. The number of alkyl carbamates (subject to hydrolysis) is 1. The Morgan fingerprint density at radius 1 is 0.732 bits per heavy atom. The molecule has 0 aliphatic rings. The van der Waals surface area contributed by atoms with Gasteiger partial charge in [0.05, 0.1) is 0 Å². The molecule has 8 nitrogen and oxygen atoms in total. The van der Waals surface area contributed by atoms with E-state index in [-0.39, 0.29) is 18.5 Å². The van der Waals surface area contributed by atoms with Gasteiger partial charge in [-0.2, -0.15) is 0 Å². The average Bonchev–Trinajstić information content (AvgIpc) is 2.89. The van der Waals surface area contributed by atoms with Crippen LogP contribution >= 0.6 is 0 Å². The van der Waals surface area contributed by atoms with Crippen LogP contribution in [0.1, 0.15) is 143 Å². The summed E-state index contributed by atoms with van der Waals surface area (Å²) in [5.74, 6) is -0.818. The fourth-order valence-electron chi connectivity index (χ4n) is 4.51. The van der Waals surface area contributed by atoms with Crippen LogP contribution in [0.5, 0.6) is 0 Å². The van der Waals surface area contributed by atoms with Gasteiger partial charge in [0.25, 0.3) is 0 Å². The minimum Gasteiger partial charge on any atom is -0.481 e. The highest BCUT2D eigenvalue weighted by atomic mass is 16.6. The number of nitrogens with zero attached hydrogens (tertiary/aromatic N) is 1. The van der Waals surface area contributed by atoms with Crippen molar-refractivity contribution < 1.29 is 29.0 Å². The SMILES string of the molecule is CCCCCC/C=C\COC(=O)CCCCCCCN(CCCCCCCC(=O)O)CCCNC(=O)OC(C)(C)C. The van der Waals surface area contributed by atoms with E-state index in [0.717, 1.165) is 96.7 Å². The summed E-state index contributed by atoms with van der Waals surface area (Å²) in [6, 6.07) is 0. The van der Waals surface area contributed by atoms with Gasteiger partial charge in [-0.1, -0.05) is 76.9 Å². The van der Waals surface area contributed by atoms with E-state index in [1.165, 1.54) is 25.7 Å². The number of rotatable bonds is 27. The standard InChI is InChI=1S/C33H62N2O6/c1-5-6-7-8-9-16-21-29-40-31(38)24-18-13-11-15-20-27-35(26-19-14-10-12-17-23-30(36)37)28-22-25-34-32(39)41-33(2,3)4/h16,21H,5-15,17-20,22-29H2,1-4H3,(H,34,39)(H,36,37)/b21-16-. The van der Waals surface area contributed by atoms with Crippen molar-refractivity contribution in [3.8, 4) is 0 Å². The first kappa shape index (κ1) is 38.9. The fourth-order valence-corrected chi connectivity index (χ4v) is 4.51. The number of carbonyl (C=O) groups is 3. The van der Waals surface area contributed by atoms with Crippen LogP contribution in [-0.4, -0.2) is 66.4 Å². The van der Waals surface area contributed by atoms with Crippen LogP contribution in [-0.2, 0) is 19.1 Å². The predicted octanol–water partition coefficient (Wildman–Crippen LogP) is 8.04. The van der Waals surface area contributed by atoms with Crippen LogP contribution in [0.4, 0.5) is 4.79 Å². The Morgan fingerprint density at radius 3 is 1.90 bits per heavy atom. The molecule has 0 aliphatic heterocycles. The van der Waals surface area contributed by atoms with Gasteiger partial charge in [0.1, 0.15) is 12.2 Å². The second kappa shape index (κ2) is 26.8. The van der Waals surface area contributed by atoms with Crippen molar-refractivity contribution in [2.24, 2.45) is 0 Å². The summed E-state index contributed by atoms with van der Waals surface area (Å²) in [4.78, 5) is 36.9. The number of allylic oxidation sites excluding steroid dienone is 1. The Bertz CT molecular complexity index is 690. The van der Waals surface area contributed by atoms with E-state index in [1.807, 2.05) is 26.8 Å². The minimum absolute atomic E-state index is 0.102. The molecule has 240 valence electrons. The van der Waals surface area contributed by atoms with Crippen LogP contribution in [0.15, 0.2) is 12.2 Å². The fraction of sp³-hybridized carbons (Fsp3) is 0.848. The molecule has 41 heavy (non-hydrogen) atoms.